The molecule has 2 aromatic rings. The number of hydrogen-bond acceptors (Lipinski definition) is 7. The number of rotatable bonds is 5. The van der Waals surface area contributed by atoms with Gasteiger partial charge in [-0.1, -0.05) is 23.9 Å². The van der Waals surface area contributed by atoms with E-state index in [2.05, 4.69) is 5.32 Å². The summed E-state index contributed by atoms with van der Waals surface area (Å²) in [6.07, 6.45) is 0.691. The van der Waals surface area contributed by atoms with Crippen LogP contribution in [0.25, 0.3) is 0 Å². The van der Waals surface area contributed by atoms with Gasteiger partial charge in [-0.2, -0.15) is 0 Å². The fourth-order valence-electron chi connectivity index (χ4n) is 4.08. The molecule has 2 aromatic carbocycles. The zero-order valence-electron chi connectivity index (χ0n) is 18.5. The van der Waals surface area contributed by atoms with Crippen LogP contribution in [-0.2, 0) is 11.2 Å². The van der Waals surface area contributed by atoms with Gasteiger partial charge in [0.1, 0.15) is 29.5 Å². The quantitative estimate of drug-likeness (QED) is 0.634. The lowest BCUT2D eigenvalue weighted by Gasteiger charge is -2.36. The number of amides is 1. The van der Waals surface area contributed by atoms with Gasteiger partial charge >= 0.3 is 0 Å². The van der Waals surface area contributed by atoms with Crippen molar-refractivity contribution in [3.63, 3.8) is 0 Å². The Balaban J connectivity index is 1.45. The minimum Gasteiger partial charge on any atom is -0.507 e. The molecule has 1 saturated heterocycles. The molecule has 2 aliphatic heterocycles. The van der Waals surface area contributed by atoms with Gasteiger partial charge in [-0.05, 0) is 62.9 Å². The highest BCUT2D eigenvalue weighted by atomic mass is 32.2. The van der Waals surface area contributed by atoms with Crippen LogP contribution in [0.1, 0.15) is 46.0 Å². The van der Waals surface area contributed by atoms with Crippen LogP contribution >= 0.6 is 11.8 Å². The predicted octanol–water partition coefficient (Wildman–Crippen LogP) is 3.83. The highest BCUT2D eigenvalue weighted by molar-refractivity contribution is 8.15. The normalized spacial score (nSPS) is 22.4. The number of nitrogens with one attached hydrogen (secondary N) is 2. The molecule has 32 heavy (non-hydrogen) atoms. The minimum atomic E-state index is -0.831. The Labute approximate surface area is 191 Å². The van der Waals surface area contributed by atoms with E-state index in [0.29, 0.717) is 34.6 Å². The summed E-state index contributed by atoms with van der Waals surface area (Å²) in [5.41, 5.74) is 2.62. The molecule has 1 fully saturated rings. The van der Waals surface area contributed by atoms with Gasteiger partial charge in [0.25, 0.3) is 0 Å². The van der Waals surface area contributed by atoms with Gasteiger partial charge in [-0.3, -0.25) is 15.0 Å². The highest BCUT2D eigenvalue weighted by Crippen LogP contribution is 2.43. The van der Waals surface area contributed by atoms with Gasteiger partial charge in [-0.15, -0.1) is 0 Å². The molecule has 0 bridgehead atoms. The number of amidine groups is 1. The van der Waals surface area contributed by atoms with Gasteiger partial charge in [0, 0.05) is 5.56 Å². The van der Waals surface area contributed by atoms with Crippen molar-refractivity contribution in [3.8, 4) is 17.2 Å². The second kappa shape index (κ2) is 8.16. The first-order chi connectivity index (χ1) is 15.1. The summed E-state index contributed by atoms with van der Waals surface area (Å²) < 4.78 is 12.2. The van der Waals surface area contributed by atoms with E-state index in [9.17, 15) is 14.7 Å². The Morgan fingerprint density at radius 2 is 1.88 bits per heavy atom. The third kappa shape index (κ3) is 4.07. The molecule has 2 aliphatic rings. The molecule has 0 aliphatic carbocycles. The Morgan fingerprint density at radius 1 is 1.19 bits per heavy atom. The summed E-state index contributed by atoms with van der Waals surface area (Å²) in [7, 11) is 0. The second-order valence-electron chi connectivity index (χ2n) is 8.64. The Bertz CT molecular complexity index is 1130. The van der Waals surface area contributed by atoms with Crippen molar-refractivity contribution < 1.29 is 24.2 Å². The Morgan fingerprint density at radius 3 is 2.50 bits per heavy atom. The van der Waals surface area contributed by atoms with Crippen LogP contribution in [0.5, 0.6) is 17.2 Å². The lowest BCUT2D eigenvalue weighted by Crippen LogP contribution is -2.44. The van der Waals surface area contributed by atoms with Crippen molar-refractivity contribution >= 4 is 28.6 Å². The molecule has 0 saturated carbocycles. The van der Waals surface area contributed by atoms with Gasteiger partial charge < -0.3 is 19.9 Å². The number of carbonyl (C=O) groups is 2. The predicted molar refractivity (Wildman–Crippen MR) is 123 cm³/mol. The molecule has 4 rings (SSSR count). The van der Waals surface area contributed by atoms with Crippen LogP contribution in [0.2, 0.25) is 0 Å². The topological polar surface area (TPSA) is 109 Å². The number of ether oxygens (including phenoxy) is 2. The highest BCUT2D eigenvalue weighted by Gasteiger charge is 2.40. The molecule has 1 amide bonds. The molecule has 0 radical (unpaired) electrons. The van der Waals surface area contributed by atoms with Gasteiger partial charge in [0.05, 0.1) is 17.2 Å². The van der Waals surface area contributed by atoms with Crippen molar-refractivity contribution in [3.05, 3.63) is 52.1 Å². The number of phenolic OH excluding ortho intramolecular Hbond substituents is 1. The Kier molecular flexibility index (Phi) is 5.67. The minimum absolute atomic E-state index is 0.0681. The Hall–Kier alpha value is -3.00. The molecule has 7 nitrogen and oxygen atoms in total. The molecule has 3 N–H and O–H groups in total. The number of phenols is 1. The lowest BCUT2D eigenvalue weighted by atomic mass is 9.86. The summed E-state index contributed by atoms with van der Waals surface area (Å²) in [6.45, 7) is 7.43. The second-order valence-corrected chi connectivity index (χ2v) is 9.85. The maximum Gasteiger partial charge on any atom is 0.239 e. The van der Waals surface area contributed by atoms with E-state index in [1.165, 1.54) is 11.8 Å². The van der Waals surface area contributed by atoms with Crippen LogP contribution in [0.4, 0.5) is 0 Å². The number of hydrogen-bond donors (Lipinski definition) is 3. The van der Waals surface area contributed by atoms with E-state index in [-0.39, 0.29) is 40.9 Å². The first-order valence-corrected chi connectivity index (χ1v) is 11.3. The number of benzene rings is 2. The molecule has 2 atom stereocenters. The van der Waals surface area contributed by atoms with Crippen LogP contribution in [0.15, 0.2) is 24.3 Å². The molecule has 8 heteroatoms. The molecular formula is C24H26N2O5S. The molecule has 168 valence electrons. The number of carbonyl (C=O) groups excluding carboxylic acids is 2. The number of thioether (sulfide) groups is 1. The maximum atomic E-state index is 12.9. The molecule has 0 spiro atoms. The maximum absolute atomic E-state index is 12.9. The average Bonchev–Trinajstić information content (AvgIpc) is 3.06. The summed E-state index contributed by atoms with van der Waals surface area (Å²) in [4.78, 5) is 24.7. The monoisotopic (exact) mass is 454 g/mol. The van der Waals surface area contributed by atoms with E-state index in [4.69, 9.17) is 14.9 Å². The molecule has 0 aromatic heterocycles. The van der Waals surface area contributed by atoms with Crippen molar-refractivity contribution in [2.24, 2.45) is 0 Å². The fourth-order valence-corrected chi connectivity index (χ4v) is 4.97. The zero-order valence-corrected chi connectivity index (χ0v) is 19.3. The SMILES string of the molecule is Cc1c(C)c2c(c(C)c1O)C(=O)CC(C)(COc1ccc(CC3SC(=N)NC3=O)cc1)O2. The third-order valence-electron chi connectivity index (χ3n) is 6.06. The van der Waals surface area contributed by atoms with Crippen molar-refractivity contribution in [2.75, 3.05) is 6.61 Å². The molecular weight excluding hydrogens is 428 g/mol. The van der Waals surface area contributed by atoms with Gasteiger partial charge in [0.15, 0.2) is 11.0 Å². The summed E-state index contributed by atoms with van der Waals surface area (Å²) in [6, 6.07) is 7.46. The number of fused-ring (bicyclic) bond motifs is 1. The van der Waals surface area contributed by atoms with E-state index in [1.54, 1.807) is 6.92 Å². The summed E-state index contributed by atoms with van der Waals surface area (Å²) >= 11 is 1.23. The lowest BCUT2D eigenvalue weighted by molar-refractivity contribution is -0.118. The van der Waals surface area contributed by atoms with E-state index < -0.39 is 5.60 Å². The number of aromatic hydroxyl groups is 1. The van der Waals surface area contributed by atoms with Crippen molar-refractivity contribution in [1.29, 1.82) is 5.41 Å². The van der Waals surface area contributed by atoms with Crippen LogP contribution < -0.4 is 14.8 Å². The van der Waals surface area contributed by atoms with Gasteiger partial charge in [-0.25, -0.2) is 0 Å². The zero-order chi connectivity index (χ0) is 23.2. The first kappa shape index (κ1) is 22.2. The fraction of sp³-hybridized carbons (Fsp3) is 0.375. The van der Waals surface area contributed by atoms with Crippen LogP contribution in [0.3, 0.4) is 0 Å². The molecule has 2 heterocycles. The number of Topliss-reactive ketones (excluding diaryl/α,β-unsaturated/α-hetero) is 1. The third-order valence-corrected chi connectivity index (χ3v) is 7.06. The average molecular weight is 455 g/mol. The smallest absolute Gasteiger partial charge is 0.239 e. The van der Waals surface area contributed by atoms with Crippen molar-refractivity contribution in [1.82, 2.24) is 5.32 Å². The van der Waals surface area contributed by atoms with E-state index in [1.807, 2.05) is 45.0 Å². The van der Waals surface area contributed by atoms with Crippen LogP contribution in [-0.4, -0.2) is 39.4 Å². The van der Waals surface area contributed by atoms with E-state index in [0.717, 1.165) is 11.1 Å². The van der Waals surface area contributed by atoms with E-state index >= 15 is 0 Å². The molecule has 2 unspecified atom stereocenters. The van der Waals surface area contributed by atoms with Crippen LogP contribution in [0, 0.1) is 26.2 Å². The van der Waals surface area contributed by atoms with Gasteiger partial charge in [0.2, 0.25) is 5.91 Å². The summed E-state index contributed by atoms with van der Waals surface area (Å²) in [5, 5.41) is 20.3. The summed E-state index contributed by atoms with van der Waals surface area (Å²) in [5.74, 6) is 1.10. The number of ketones is 1. The standard InChI is InChI=1S/C24H26N2O5S/c1-12-13(2)21-19(14(3)20(12)28)17(27)10-24(4,31-21)11-30-16-7-5-15(6-8-16)9-18-22(29)26-23(25)32-18/h5-8,18,28H,9-11H2,1-4H3,(H2,25,26,29). The largest absolute Gasteiger partial charge is 0.507 e. The van der Waals surface area contributed by atoms with Crippen molar-refractivity contribution in [2.45, 2.75) is 51.4 Å². The first-order valence-electron chi connectivity index (χ1n) is 10.4.